The summed E-state index contributed by atoms with van der Waals surface area (Å²) in [6, 6.07) is 1.51. The van der Waals surface area contributed by atoms with Crippen LogP contribution in [0.15, 0.2) is 0 Å². The Balaban J connectivity index is 2.31. The molecule has 1 aliphatic rings. The summed E-state index contributed by atoms with van der Waals surface area (Å²) in [5.74, 6) is 0. The lowest BCUT2D eigenvalue weighted by atomic mass is 9.98. The van der Waals surface area contributed by atoms with Crippen LogP contribution in [-0.2, 0) is 0 Å². The van der Waals surface area contributed by atoms with Crippen LogP contribution in [0.25, 0.3) is 0 Å². The number of rotatable bonds is 4. The van der Waals surface area contributed by atoms with E-state index >= 15 is 0 Å². The summed E-state index contributed by atoms with van der Waals surface area (Å²) < 4.78 is 0. The largest absolute Gasteiger partial charge is 0.395 e. The Hall–Kier alpha value is -0.120. The van der Waals surface area contributed by atoms with Crippen LogP contribution in [-0.4, -0.2) is 47.8 Å². The summed E-state index contributed by atoms with van der Waals surface area (Å²) in [4.78, 5) is 2.52. The van der Waals surface area contributed by atoms with Crippen molar-refractivity contribution in [2.24, 2.45) is 0 Å². The molecule has 1 rings (SSSR count). The summed E-state index contributed by atoms with van der Waals surface area (Å²) in [6.07, 6.45) is 2.42. The molecule has 3 unspecified atom stereocenters. The minimum atomic E-state index is 0.236. The van der Waals surface area contributed by atoms with E-state index in [4.69, 9.17) is 5.11 Å². The standard InChI is InChI=1S/C11H24N2O/c1-4-13-6-5-11(7-10(13)3)12-9(2)8-14/h9-12,14H,4-8H2,1-3H3. The highest BCUT2D eigenvalue weighted by atomic mass is 16.3. The first kappa shape index (κ1) is 12.0. The van der Waals surface area contributed by atoms with E-state index in [1.54, 1.807) is 0 Å². The van der Waals surface area contributed by atoms with Crippen LogP contribution in [0.3, 0.4) is 0 Å². The molecule has 3 nitrogen and oxygen atoms in total. The first-order valence-corrected chi connectivity index (χ1v) is 5.78. The van der Waals surface area contributed by atoms with Crippen molar-refractivity contribution in [2.75, 3.05) is 19.7 Å². The van der Waals surface area contributed by atoms with Gasteiger partial charge in [0, 0.05) is 18.1 Å². The van der Waals surface area contributed by atoms with E-state index in [0.29, 0.717) is 12.1 Å². The van der Waals surface area contributed by atoms with Crippen molar-refractivity contribution in [1.29, 1.82) is 0 Å². The first-order valence-electron chi connectivity index (χ1n) is 5.78. The van der Waals surface area contributed by atoms with Crippen molar-refractivity contribution in [3.05, 3.63) is 0 Å². The molecule has 0 radical (unpaired) electrons. The van der Waals surface area contributed by atoms with Crippen LogP contribution < -0.4 is 5.32 Å². The molecule has 0 aromatic rings. The fourth-order valence-electron chi connectivity index (χ4n) is 2.30. The van der Waals surface area contributed by atoms with Crippen LogP contribution >= 0.6 is 0 Å². The van der Waals surface area contributed by atoms with Gasteiger partial charge >= 0.3 is 0 Å². The van der Waals surface area contributed by atoms with Gasteiger partial charge in [-0.25, -0.2) is 0 Å². The molecule has 0 aromatic carbocycles. The zero-order valence-electron chi connectivity index (χ0n) is 9.66. The number of nitrogens with zero attached hydrogens (tertiary/aromatic N) is 1. The van der Waals surface area contributed by atoms with E-state index < -0.39 is 0 Å². The van der Waals surface area contributed by atoms with E-state index in [9.17, 15) is 0 Å². The molecule has 3 atom stereocenters. The zero-order valence-corrected chi connectivity index (χ0v) is 9.66. The Bertz CT molecular complexity index is 163. The molecule has 0 aliphatic carbocycles. The van der Waals surface area contributed by atoms with Gasteiger partial charge in [0.25, 0.3) is 0 Å². The summed E-state index contributed by atoms with van der Waals surface area (Å²) >= 11 is 0. The maximum atomic E-state index is 8.96. The SMILES string of the molecule is CCN1CCC(NC(C)CO)CC1C. The average molecular weight is 200 g/mol. The van der Waals surface area contributed by atoms with Gasteiger partial charge in [-0.05, 0) is 39.8 Å². The van der Waals surface area contributed by atoms with E-state index in [1.807, 2.05) is 6.92 Å². The van der Waals surface area contributed by atoms with E-state index in [0.717, 1.165) is 6.54 Å². The second kappa shape index (κ2) is 5.69. The monoisotopic (exact) mass is 200 g/mol. The van der Waals surface area contributed by atoms with Gasteiger partial charge in [0.2, 0.25) is 0 Å². The molecular formula is C11H24N2O. The highest BCUT2D eigenvalue weighted by molar-refractivity contribution is 4.83. The quantitative estimate of drug-likeness (QED) is 0.705. The number of hydrogen-bond acceptors (Lipinski definition) is 3. The molecule has 14 heavy (non-hydrogen) atoms. The summed E-state index contributed by atoms with van der Waals surface area (Å²) in [6.45, 7) is 9.14. The van der Waals surface area contributed by atoms with Crippen LogP contribution in [0.4, 0.5) is 0 Å². The molecular weight excluding hydrogens is 176 g/mol. The number of nitrogens with one attached hydrogen (secondary N) is 1. The molecule has 3 heteroatoms. The molecule has 0 aromatic heterocycles. The van der Waals surface area contributed by atoms with Crippen LogP contribution in [0.5, 0.6) is 0 Å². The van der Waals surface area contributed by atoms with Gasteiger partial charge in [-0.1, -0.05) is 6.92 Å². The predicted octanol–water partition coefficient (Wildman–Crippen LogP) is 0.830. The number of aliphatic hydroxyl groups is 1. The van der Waals surface area contributed by atoms with Gasteiger partial charge < -0.3 is 15.3 Å². The third-order valence-electron chi connectivity index (χ3n) is 3.21. The van der Waals surface area contributed by atoms with Gasteiger partial charge in [-0.3, -0.25) is 0 Å². The fraction of sp³-hybridized carbons (Fsp3) is 1.00. The minimum absolute atomic E-state index is 0.236. The van der Waals surface area contributed by atoms with Crippen molar-refractivity contribution in [3.63, 3.8) is 0 Å². The van der Waals surface area contributed by atoms with Gasteiger partial charge in [0.15, 0.2) is 0 Å². The molecule has 1 saturated heterocycles. The molecule has 84 valence electrons. The van der Waals surface area contributed by atoms with Gasteiger partial charge in [-0.15, -0.1) is 0 Å². The molecule has 2 N–H and O–H groups in total. The van der Waals surface area contributed by atoms with Gasteiger partial charge in [0.05, 0.1) is 6.61 Å². The summed E-state index contributed by atoms with van der Waals surface area (Å²) in [5, 5.41) is 12.4. The van der Waals surface area contributed by atoms with Gasteiger partial charge in [-0.2, -0.15) is 0 Å². The topological polar surface area (TPSA) is 35.5 Å². The second-order valence-corrected chi connectivity index (χ2v) is 4.45. The summed E-state index contributed by atoms with van der Waals surface area (Å²) in [5.41, 5.74) is 0. The highest BCUT2D eigenvalue weighted by Crippen LogP contribution is 2.16. The second-order valence-electron chi connectivity index (χ2n) is 4.45. The van der Waals surface area contributed by atoms with Crippen molar-refractivity contribution in [2.45, 2.75) is 51.7 Å². The average Bonchev–Trinajstić information content (AvgIpc) is 2.18. The van der Waals surface area contributed by atoms with Crippen molar-refractivity contribution in [3.8, 4) is 0 Å². The number of likely N-dealkylation sites (tertiary alicyclic amines) is 1. The maximum absolute atomic E-state index is 8.96. The van der Waals surface area contributed by atoms with E-state index in [-0.39, 0.29) is 12.6 Å². The van der Waals surface area contributed by atoms with Crippen molar-refractivity contribution >= 4 is 0 Å². The van der Waals surface area contributed by atoms with Crippen molar-refractivity contribution in [1.82, 2.24) is 10.2 Å². The number of piperidine rings is 1. The lowest BCUT2D eigenvalue weighted by Gasteiger charge is -2.38. The molecule has 0 bridgehead atoms. The molecule has 0 amide bonds. The molecule has 1 aliphatic heterocycles. The normalized spacial score (nSPS) is 31.7. The predicted molar refractivity (Wildman–Crippen MR) is 59.4 cm³/mol. The van der Waals surface area contributed by atoms with E-state index in [1.165, 1.54) is 19.4 Å². The zero-order chi connectivity index (χ0) is 10.6. The Labute approximate surface area is 87.5 Å². The van der Waals surface area contributed by atoms with Crippen LogP contribution in [0.1, 0.15) is 33.6 Å². The number of aliphatic hydroxyl groups excluding tert-OH is 1. The van der Waals surface area contributed by atoms with Crippen LogP contribution in [0, 0.1) is 0 Å². The Morgan fingerprint density at radius 2 is 2.29 bits per heavy atom. The third kappa shape index (κ3) is 3.23. The minimum Gasteiger partial charge on any atom is -0.395 e. The smallest absolute Gasteiger partial charge is 0.0582 e. The Morgan fingerprint density at radius 3 is 2.79 bits per heavy atom. The van der Waals surface area contributed by atoms with Crippen molar-refractivity contribution < 1.29 is 5.11 Å². The number of hydrogen-bond donors (Lipinski definition) is 2. The van der Waals surface area contributed by atoms with E-state index in [2.05, 4.69) is 24.1 Å². The van der Waals surface area contributed by atoms with Gasteiger partial charge in [0.1, 0.15) is 0 Å². The lowest BCUT2D eigenvalue weighted by molar-refractivity contribution is 0.131. The first-order chi connectivity index (χ1) is 6.67. The van der Waals surface area contributed by atoms with Crippen LogP contribution in [0.2, 0.25) is 0 Å². The summed E-state index contributed by atoms with van der Waals surface area (Å²) in [7, 11) is 0. The molecule has 1 fully saturated rings. The maximum Gasteiger partial charge on any atom is 0.0582 e. The fourth-order valence-corrected chi connectivity index (χ4v) is 2.30. The molecule has 0 spiro atoms. The lowest BCUT2D eigenvalue weighted by Crippen LogP contribution is -2.49. The molecule has 0 saturated carbocycles. The third-order valence-corrected chi connectivity index (χ3v) is 3.21. The Kier molecular flexibility index (Phi) is 4.85. The highest BCUT2D eigenvalue weighted by Gasteiger charge is 2.24. The molecule has 1 heterocycles. The Morgan fingerprint density at radius 1 is 1.57 bits per heavy atom.